The molecule has 0 aliphatic carbocycles. The molecule has 1 atom stereocenters. The normalized spacial score (nSPS) is 14.8. The van der Waals surface area contributed by atoms with Crippen LogP contribution in [0.2, 0.25) is 0 Å². The Hall–Kier alpha value is -3.97. The van der Waals surface area contributed by atoms with Gasteiger partial charge in [0, 0.05) is 23.1 Å². The number of thiazole rings is 1. The summed E-state index contributed by atoms with van der Waals surface area (Å²) in [7, 11) is 0. The van der Waals surface area contributed by atoms with Gasteiger partial charge in [-0.3, -0.25) is 14.5 Å². The van der Waals surface area contributed by atoms with Crippen LogP contribution in [0.3, 0.4) is 0 Å². The molecule has 182 valence electrons. The van der Waals surface area contributed by atoms with E-state index in [1.165, 1.54) is 10.5 Å². The third-order valence-electron chi connectivity index (χ3n) is 6.31. The fraction of sp³-hybridized carbons (Fsp3) is 0.207. The first kappa shape index (κ1) is 23.8. The zero-order chi connectivity index (χ0) is 25.2. The van der Waals surface area contributed by atoms with Crippen molar-refractivity contribution in [2.45, 2.75) is 33.3 Å². The number of fused-ring (bicyclic) bond motifs is 1. The maximum absolute atomic E-state index is 13.0. The zero-order valence-corrected chi connectivity index (χ0v) is 21.3. The number of nitrogens with zero attached hydrogens (tertiary/aromatic N) is 2. The Morgan fingerprint density at radius 2 is 1.86 bits per heavy atom. The summed E-state index contributed by atoms with van der Waals surface area (Å²) in [6.45, 7) is 5.62. The number of carbonyl (C=O) groups is 2. The molecule has 0 saturated heterocycles. The topological polar surface area (TPSA) is 71.5 Å². The van der Waals surface area contributed by atoms with Gasteiger partial charge in [-0.1, -0.05) is 36.4 Å². The van der Waals surface area contributed by atoms with E-state index in [1.54, 1.807) is 18.3 Å². The lowest BCUT2D eigenvalue weighted by atomic mass is 10.1. The Labute approximate surface area is 214 Å². The van der Waals surface area contributed by atoms with Crippen LogP contribution in [0.15, 0.2) is 72.1 Å². The minimum Gasteiger partial charge on any atom is -0.479 e. The molecule has 1 unspecified atom stereocenters. The molecule has 1 N–H and O–H groups in total. The van der Waals surface area contributed by atoms with Crippen molar-refractivity contribution >= 4 is 34.5 Å². The number of aromatic nitrogens is 1. The van der Waals surface area contributed by atoms with Crippen molar-refractivity contribution in [2.75, 3.05) is 16.8 Å². The van der Waals surface area contributed by atoms with E-state index in [0.29, 0.717) is 17.1 Å². The van der Waals surface area contributed by atoms with Crippen molar-refractivity contribution in [1.82, 2.24) is 4.98 Å². The fourth-order valence-corrected chi connectivity index (χ4v) is 5.03. The van der Waals surface area contributed by atoms with E-state index in [9.17, 15) is 9.59 Å². The number of carbonyl (C=O) groups excluding carboxylic acids is 2. The van der Waals surface area contributed by atoms with Gasteiger partial charge in [-0.15, -0.1) is 11.3 Å². The van der Waals surface area contributed by atoms with E-state index in [2.05, 4.69) is 17.4 Å². The van der Waals surface area contributed by atoms with Crippen molar-refractivity contribution in [3.8, 4) is 17.0 Å². The molecule has 4 aromatic rings. The summed E-state index contributed by atoms with van der Waals surface area (Å²) in [5.41, 5.74) is 6.43. The minimum absolute atomic E-state index is 0.105. The van der Waals surface area contributed by atoms with Crippen LogP contribution in [0.4, 0.5) is 11.4 Å². The second-order valence-electron chi connectivity index (χ2n) is 9.00. The molecule has 7 heteroatoms. The van der Waals surface area contributed by atoms with Crippen LogP contribution in [0.25, 0.3) is 11.3 Å². The monoisotopic (exact) mass is 497 g/mol. The summed E-state index contributed by atoms with van der Waals surface area (Å²) >= 11 is 1.61. The maximum atomic E-state index is 13.0. The Bertz CT molecular complexity index is 1430. The molecule has 0 spiro atoms. The first-order chi connectivity index (χ1) is 17.4. The van der Waals surface area contributed by atoms with Gasteiger partial charge in [0.1, 0.15) is 12.3 Å². The molecule has 2 heterocycles. The number of aryl methyl sites for hydroxylation is 2. The van der Waals surface area contributed by atoms with E-state index >= 15 is 0 Å². The van der Waals surface area contributed by atoms with Gasteiger partial charge >= 0.3 is 0 Å². The number of amides is 2. The van der Waals surface area contributed by atoms with Crippen molar-refractivity contribution in [3.05, 3.63) is 93.8 Å². The van der Waals surface area contributed by atoms with Crippen LogP contribution >= 0.6 is 11.3 Å². The minimum atomic E-state index is -0.672. The number of ether oxygens (including phenoxy) is 1. The second kappa shape index (κ2) is 9.95. The highest BCUT2D eigenvalue weighted by molar-refractivity contribution is 7.10. The number of rotatable bonds is 6. The van der Waals surface area contributed by atoms with E-state index < -0.39 is 6.10 Å². The lowest BCUT2D eigenvalue weighted by Gasteiger charge is -2.32. The highest BCUT2D eigenvalue weighted by Gasteiger charge is 2.33. The molecule has 1 aromatic heterocycles. The Kier molecular flexibility index (Phi) is 6.57. The Morgan fingerprint density at radius 1 is 1.06 bits per heavy atom. The van der Waals surface area contributed by atoms with Crippen molar-refractivity contribution in [1.29, 1.82) is 0 Å². The van der Waals surface area contributed by atoms with Crippen molar-refractivity contribution < 1.29 is 14.3 Å². The van der Waals surface area contributed by atoms with Crippen LogP contribution < -0.4 is 15.0 Å². The molecule has 2 amide bonds. The van der Waals surface area contributed by atoms with Crippen LogP contribution in [-0.4, -0.2) is 29.4 Å². The van der Waals surface area contributed by atoms with Gasteiger partial charge in [0.2, 0.25) is 5.91 Å². The second-order valence-corrected chi connectivity index (χ2v) is 9.95. The molecule has 5 rings (SSSR count). The van der Waals surface area contributed by atoms with Crippen molar-refractivity contribution in [2.24, 2.45) is 0 Å². The smallest absolute Gasteiger partial charge is 0.268 e. The third kappa shape index (κ3) is 5.02. The number of nitrogens with one attached hydrogen (secondary N) is 1. The number of anilines is 2. The van der Waals surface area contributed by atoms with E-state index in [0.717, 1.165) is 33.8 Å². The summed E-state index contributed by atoms with van der Waals surface area (Å²) in [5.74, 6) is 0.0540. The van der Waals surface area contributed by atoms with E-state index in [-0.39, 0.29) is 18.4 Å². The summed E-state index contributed by atoms with van der Waals surface area (Å²) in [6, 6.07) is 21.7. The van der Waals surface area contributed by atoms with E-state index in [1.807, 2.05) is 73.8 Å². The molecule has 1 aliphatic heterocycles. The quantitative estimate of drug-likeness (QED) is 0.367. The van der Waals surface area contributed by atoms with Gasteiger partial charge in [-0.25, -0.2) is 4.98 Å². The molecule has 0 saturated carbocycles. The van der Waals surface area contributed by atoms with Crippen LogP contribution in [0.5, 0.6) is 5.75 Å². The van der Waals surface area contributed by atoms with Gasteiger partial charge in [-0.2, -0.15) is 0 Å². The third-order valence-corrected chi connectivity index (χ3v) is 7.15. The Morgan fingerprint density at radius 3 is 2.64 bits per heavy atom. The van der Waals surface area contributed by atoms with Crippen LogP contribution in [-0.2, 0) is 16.0 Å². The van der Waals surface area contributed by atoms with E-state index in [4.69, 9.17) is 9.72 Å². The molecule has 6 nitrogen and oxygen atoms in total. The van der Waals surface area contributed by atoms with Gasteiger partial charge < -0.3 is 10.1 Å². The standard InChI is InChI=1S/C29H27N3O3S/c1-18-9-11-23(13-19(18)2)30-27(33)16-32-25-15-22(10-12-26(25)35-20(3)29(32)34)24-17-36-28(31-24)14-21-7-5-4-6-8-21/h4-13,15,17,20H,14,16H2,1-3H3,(H,30,33). The average Bonchev–Trinajstić information content (AvgIpc) is 3.33. The van der Waals surface area contributed by atoms with Crippen molar-refractivity contribution in [3.63, 3.8) is 0 Å². The molecule has 0 radical (unpaired) electrons. The highest BCUT2D eigenvalue weighted by atomic mass is 32.1. The first-order valence-corrected chi connectivity index (χ1v) is 12.7. The lowest BCUT2D eigenvalue weighted by Crippen LogP contribution is -2.47. The van der Waals surface area contributed by atoms with Gasteiger partial charge in [0.15, 0.2) is 6.10 Å². The molecular weight excluding hydrogens is 470 g/mol. The molecular formula is C29H27N3O3S. The highest BCUT2D eigenvalue weighted by Crippen LogP contribution is 2.38. The zero-order valence-electron chi connectivity index (χ0n) is 20.4. The lowest BCUT2D eigenvalue weighted by molar-refractivity contribution is -0.127. The van der Waals surface area contributed by atoms with Gasteiger partial charge in [0.25, 0.3) is 5.91 Å². The Balaban J connectivity index is 1.38. The predicted molar refractivity (Wildman–Crippen MR) is 144 cm³/mol. The molecule has 0 bridgehead atoms. The fourth-order valence-electron chi connectivity index (χ4n) is 4.19. The summed E-state index contributed by atoms with van der Waals surface area (Å²) in [6.07, 6.45) is 0.0925. The number of benzene rings is 3. The maximum Gasteiger partial charge on any atom is 0.268 e. The summed E-state index contributed by atoms with van der Waals surface area (Å²) < 4.78 is 5.84. The molecule has 3 aromatic carbocycles. The number of hydrogen-bond acceptors (Lipinski definition) is 5. The van der Waals surface area contributed by atoms with Crippen LogP contribution in [0.1, 0.15) is 28.6 Å². The first-order valence-electron chi connectivity index (χ1n) is 11.9. The molecule has 0 fully saturated rings. The largest absolute Gasteiger partial charge is 0.479 e. The molecule has 1 aliphatic rings. The average molecular weight is 498 g/mol. The predicted octanol–water partition coefficient (Wildman–Crippen LogP) is 5.77. The van der Waals surface area contributed by atoms with Gasteiger partial charge in [-0.05, 0) is 67.8 Å². The SMILES string of the molecule is Cc1ccc(NC(=O)CN2C(=O)C(C)Oc3ccc(-c4csc(Cc5ccccc5)n4)cc32)cc1C. The molecule has 36 heavy (non-hydrogen) atoms. The van der Waals surface area contributed by atoms with Crippen LogP contribution in [0, 0.1) is 13.8 Å². The van der Waals surface area contributed by atoms with Gasteiger partial charge in [0.05, 0.1) is 16.4 Å². The summed E-state index contributed by atoms with van der Waals surface area (Å²) in [4.78, 5) is 32.3. The summed E-state index contributed by atoms with van der Waals surface area (Å²) in [5, 5.41) is 5.94. The number of hydrogen-bond donors (Lipinski definition) is 1.